The number of likely N-dealkylation sites (tertiary alicyclic amines) is 1. The number of benzene rings is 1. The van der Waals surface area contributed by atoms with Crippen molar-refractivity contribution in [1.29, 1.82) is 0 Å². The zero-order chi connectivity index (χ0) is 24.8. The molecule has 1 aromatic heterocycles. The Hall–Kier alpha value is -2.02. The zero-order valence-electron chi connectivity index (χ0n) is 21.4. The monoisotopic (exact) mass is 487 g/mol. The van der Waals surface area contributed by atoms with E-state index in [4.69, 9.17) is 9.72 Å². The zero-order valence-corrected chi connectivity index (χ0v) is 21.4. The summed E-state index contributed by atoms with van der Waals surface area (Å²) in [4.78, 5) is 20.2. The van der Waals surface area contributed by atoms with Gasteiger partial charge in [0.05, 0.1) is 17.1 Å². The molecule has 0 N–H and O–H groups in total. The van der Waals surface area contributed by atoms with Crippen LogP contribution in [0.2, 0.25) is 0 Å². The Labute approximate surface area is 207 Å². The van der Waals surface area contributed by atoms with Gasteiger partial charge in [-0.15, -0.1) is 0 Å². The number of ether oxygens (including phenoxy) is 1. The van der Waals surface area contributed by atoms with Crippen LogP contribution >= 0.6 is 0 Å². The number of fused-ring (bicyclic) bond motifs is 1. The number of carbonyl (C=O) groups excluding carboxylic acids is 1. The highest BCUT2D eigenvalue weighted by Gasteiger charge is 2.36. The number of carbonyl (C=O) groups is 1. The number of halogens is 2. The van der Waals surface area contributed by atoms with Gasteiger partial charge >= 0.3 is 0 Å². The van der Waals surface area contributed by atoms with E-state index in [-0.39, 0.29) is 36.2 Å². The van der Waals surface area contributed by atoms with Crippen molar-refractivity contribution in [2.45, 2.75) is 96.1 Å². The molecule has 3 fully saturated rings. The predicted octanol–water partition coefficient (Wildman–Crippen LogP) is 6.19. The van der Waals surface area contributed by atoms with E-state index in [1.165, 1.54) is 12.8 Å². The summed E-state index contributed by atoms with van der Waals surface area (Å²) in [6.07, 6.45) is 5.65. The topological polar surface area (TPSA) is 47.4 Å². The first kappa shape index (κ1) is 24.7. The van der Waals surface area contributed by atoms with Crippen molar-refractivity contribution in [3.05, 3.63) is 29.6 Å². The molecule has 0 unspecified atom stereocenters. The van der Waals surface area contributed by atoms with Gasteiger partial charge in [0, 0.05) is 50.1 Å². The van der Waals surface area contributed by atoms with E-state index in [1.807, 2.05) is 23.1 Å². The molecule has 2 saturated carbocycles. The van der Waals surface area contributed by atoms with Crippen molar-refractivity contribution in [2.75, 3.05) is 19.7 Å². The van der Waals surface area contributed by atoms with Gasteiger partial charge in [-0.2, -0.15) is 0 Å². The number of amides is 1. The number of piperidine rings is 1. The molecule has 0 spiro atoms. The highest BCUT2D eigenvalue weighted by Crippen LogP contribution is 2.38. The number of aromatic nitrogens is 2. The van der Waals surface area contributed by atoms with E-state index in [1.54, 1.807) is 0 Å². The number of alkyl halides is 2. The minimum Gasteiger partial charge on any atom is -0.378 e. The van der Waals surface area contributed by atoms with Crippen LogP contribution in [0.25, 0.3) is 11.0 Å². The van der Waals surface area contributed by atoms with Crippen molar-refractivity contribution in [1.82, 2.24) is 14.5 Å². The van der Waals surface area contributed by atoms with Gasteiger partial charge in [-0.05, 0) is 68.6 Å². The van der Waals surface area contributed by atoms with Crippen molar-refractivity contribution in [2.24, 2.45) is 11.8 Å². The van der Waals surface area contributed by atoms with Gasteiger partial charge in [-0.3, -0.25) is 4.79 Å². The average molecular weight is 488 g/mol. The van der Waals surface area contributed by atoms with Crippen LogP contribution in [0.3, 0.4) is 0 Å². The van der Waals surface area contributed by atoms with E-state index in [0.717, 1.165) is 55.3 Å². The van der Waals surface area contributed by atoms with Crippen LogP contribution in [0.1, 0.15) is 88.3 Å². The molecule has 1 aromatic carbocycles. The highest BCUT2D eigenvalue weighted by atomic mass is 19.3. The SMILES string of the molecule is CC(C)(C)c1nc2cc(C(=O)N3CCC(OCC4CC4)CC3)ccc2n1CC1CCC(F)(F)CC1. The Bertz CT molecular complexity index is 1050. The lowest BCUT2D eigenvalue weighted by Gasteiger charge is -2.32. The fourth-order valence-electron chi connectivity index (χ4n) is 5.53. The molecule has 2 aromatic rings. The normalized spacial score (nSPS) is 22.1. The maximum absolute atomic E-state index is 13.7. The fraction of sp³-hybridized carbons (Fsp3) is 0.714. The molecule has 192 valence electrons. The molecule has 0 atom stereocenters. The lowest BCUT2D eigenvalue weighted by molar-refractivity contribution is -0.0473. The summed E-state index contributed by atoms with van der Waals surface area (Å²) in [7, 11) is 0. The molecule has 2 heterocycles. The lowest BCUT2D eigenvalue weighted by atomic mass is 9.86. The Morgan fingerprint density at radius 1 is 1.06 bits per heavy atom. The minimum absolute atomic E-state index is 0.0316. The van der Waals surface area contributed by atoms with Crippen LogP contribution in [0.4, 0.5) is 8.78 Å². The van der Waals surface area contributed by atoms with Crippen LogP contribution in [-0.4, -0.2) is 52.1 Å². The van der Waals surface area contributed by atoms with Crippen LogP contribution < -0.4 is 0 Å². The smallest absolute Gasteiger partial charge is 0.253 e. The Balaban J connectivity index is 1.31. The summed E-state index contributed by atoms with van der Waals surface area (Å²) in [5, 5.41) is 0. The predicted molar refractivity (Wildman–Crippen MR) is 133 cm³/mol. The number of hydrogen-bond donors (Lipinski definition) is 0. The van der Waals surface area contributed by atoms with E-state index in [9.17, 15) is 13.6 Å². The molecule has 0 radical (unpaired) electrons. The average Bonchev–Trinajstić information content (AvgIpc) is 3.58. The third kappa shape index (κ3) is 5.71. The van der Waals surface area contributed by atoms with Crippen LogP contribution in [0.5, 0.6) is 0 Å². The maximum Gasteiger partial charge on any atom is 0.253 e. The van der Waals surface area contributed by atoms with E-state index in [0.29, 0.717) is 24.9 Å². The summed E-state index contributed by atoms with van der Waals surface area (Å²) in [6.45, 7) is 9.39. The first-order valence-electron chi connectivity index (χ1n) is 13.4. The maximum atomic E-state index is 13.7. The highest BCUT2D eigenvalue weighted by molar-refractivity contribution is 5.97. The second-order valence-electron chi connectivity index (χ2n) is 12.1. The van der Waals surface area contributed by atoms with Crippen molar-refractivity contribution >= 4 is 16.9 Å². The second-order valence-corrected chi connectivity index (χ2v) is 12.1. The van der Waals surface area contributed by atoms with Gasteiger partial charge < -0.3 is 14.2 Å². The molecule has 1 aliphatic heterocycles. The molecule has 1 amide bonds. The van der Waals surface area contributed by atoms with E-state index >= 15 is 0 Å². The van der Waals surface area contributed by atoms with Crippen molar-refractivity contribution in [3.63, 3.8) is 0 Å². The largest absolute Gasteiger partial charge is 0.378 e. The summed E-state index contributed by atoms with van der Waals surface area (Å²) in [5.74, 6) is -0.541. The number of hydrogen-bond acceptors (Lipinski definition) is 3. The van der Waals surface area contributed by atoms with Gasteiger partial charge in [-0.1, -0.05) is 20.8 Å². The Morgan fingerprint density at radius 2 is 1.74 bits per heavy atom. The van der Waals surface area contributed by atoms with Gasteiger partial charge in [0.15, 0.2) is 0 Å². The molecule has 7 heteroatoms. The van der Waals surface area contributed by atoms with Crippen molar-refractivity contribution < 1.29 is 18.3 Å². The molecule has 5 nitrogen and oxygen atoms in total. The first-order chi connectivity index (χ1) is 16.6. The first-order valence-corrected chi connectivity index (χ1v) is 13.4. The Morgan fingerprint density at radius 3 is 2.37 bits per heavy atom. The molecule has 5 rings (SSSR count). The lowest BCUT2D eigenvalue weighted by Crippen LogP contribution is -2.41. The van der Waals surface area contributed by atoms with E-state index < -0.39 is 5.92 Å². The summed E-state index contributed by atoms with van der Waals surface area (Å²) in [5.41, 5.74) is 2.27. The number of rotatable bonds is 6. The standard InChI is InChI=1S/C28H39F2N3O2/c1-27(2,3)26-31-23-16-21(25(34)32-14-10-22(11-15-32)35-18-20-4-5-20)6-7-24(23)33(26)17-19-8-12-28(29,30)13-9-19/h6-7,16,19-20,22H,4-5,8-15,17-18H2,1-3H3. The van der Waals surface area contributed by atoms with Crippen LogP contribution in [0.15, 0.2) is 18.2 Å². The molecular weight excluding hydrogens is 448 g/mol. The molecular formula is C28H39F2N3O2. The van der Waals surface area contributed by atoms with Crippen LogP contribution in [0, 0.1) is 11.8 Å². The van der Waals surface area contributed by atoms with Crippen molar-refractivity contribution in [3.8, 4) is 0 Å². The van der Waals surface area contributed by atoms with E-state index in [2.05, 4.69) is 25.3 Å². The van der Waals surface area contributed by atoms with Crippen LogP contribution in [-0.2, 0) is 16.7 Å². The number of imidazole rings is 1. The quantitative estimate of drug-likeness (QED) is 0.488. The van der Waals surface area contributed by atoms with Gasteiger partial charge in [0.2, 0.25) is 5.92 Å². The number of nitrogens with zero attached hydrogens (tertiary/aromatic N) is 3. The summed E-state index contributed by atoms with van der Waals surface area (Å²) in [6, 6.07) is 5.81. The third-order valence-electron chi connectivity index (χ3n) is 7.94. The molecule has 3 aliphatic rings. The second kappa shape index (κ2) is 9.45. The minimum atomic E-state index is -2.52. The third-order valence-corrected chi connectivity index (χ3v) is 7.94. The fourth-order valence-corrected chi connectivity index (χ4v) is 5.53. The summed E-state index contributed by atoms with van der Waals surface area (Å²) >= 11 is 0. The van der Waals surface area contributed by atoms with Gasteiger partial charge in [-0.25, -0.2) is 13.8 Å². The van der Waals surface area contributed by atoms with Gasteiger partial charge in [0.1, 0.15) is 5.82 Å². The Kier molecular flexibility index (Phi) is 6.66. The molecule has 35 heavy (non-hydrogen) atoms. The molecule has 1 saturated heterocycles. The molecule has 2 aliphatic carbocycles. The molecule has 0 bridgehead atoms. The van der Waals surface area contributed by atoms with Gasteiger partial charge in [0.25, 0.3) is 5.91 Å². The summed E-state index contributed by atoms with van der Waals surface area (Å²) < 4.78 is 35.6.